The summed E-state index contributed by atoms with van der Waals surface area (Å²) in [7, 11) is 0. The SMILES string of the molecule is O=C(Nc1ccc(NCc2cccs2)cn1)C1CC1. The summed E-state index contributed by atoms with van der Waals surface area (Å²) >= 11 is 1.72. The lowest BCUT2D eigenvalue weighted by molar-refractivity contribution is -0.117. The highest BCUT2D eigenvalue weighted by molar-refractivity contribution is 7.09. The van der Waals surface area contributed by atoms with Gasteiger partial charge in [0.2, 0.25) is 5.91 Å². The van der Waals surface area contributed by atoms with Crippen molar-refractivity contribution < 1.29 is 4.79 Å². The number of rotatable bonds is 5. The minimum Gasteiger partial charge on any atom is -0.379 e. The van der Waals surface area contributed by atoms with E-state index < -0.39 is 0 Å². The number of hydrogen-bond acceptors (Lipinski definition) is 4. The topological polar surface area (TPSA) is 54.0 Å². The molecule has 19 heavy (non-hydrogen) atoms. The Labute approximate surface area is 115 Å². The molecule has 4 nitrogen and oxygen atoms in total. The Morgan fingerprint density at radius 3 is 2.89 bits per heavy atom. The van der Waals surface area contributed by atoms with Crippen LogP contribution in [0, 0.1) is 5.92 Å². The van der Waals surface area contributed by atoms with Crippen molar-refractivity contribution in [2.45, 2.75) is 19.4 Å². The second kappa shape index (κ2) is 5.40. The molecule has 0 radical (unpaired) electrons. The first kappa shape index (κ1) is 12.2. The Kier molecular flexibility index (Phi) is 3.46. The van der Waals surface area contributed by atoms with Crippen LogP contribution in [0.1, 0.15) is 17.7 Å². The van der Waals surface area contributed by atoms with E-state index in [9.17, 15) is 4.79 Å². The second-order valence-electron chi connectivity index (χ2n) is 4.63. The Balaban J connectivity index is 1.54. The third-order valence-electron chi connectivity index (χ3n) is 3.01. The van der Waals surface area contributed by atoms with Gasteiger partial charge in [0.05, 0.1) is 11.9 Å². The average molecular weight is 273 g/mol. The van der Waals surface area contributed by atoms with Crippen LogP contribution in [0.3, 0.4) is 0 Å². The van der Waals surface area contributed by atoms with Crippen molar-refractivity contribution in [2.24, 2.45) is 5.92 Å². The molecule has 1 amide bonds. The molecule has 0 unspecified atom stereocenters. The summed E-state index contributed by atoms with van der Waals surface area (Å²) in [6, 6.07) is 7.89. The molecule has 5 heteroatoms. The van der Waals surface area contributed by atoms with Crippen molar-refractivity contribution in [2.75, 3.05) is 10.6 Å². The Morgan fingerprint density at radius 1 is 1.37 bits per heavy atom. The zero-order valence-electron chi connectivity index (χ0n) is 10.4. The van der Waals surface area contributed by atoms with E-state index in [-0.39, 0.29) is 11.8 Å². The lowest BCUT2D eigenvalue weighted by Crippen LogP contribution is -2.14. The minimum absolute atomic E-state index is 0.0896. The van der Waals surface area contributed by atoms with Crippen molar-refractivity contribution in [3.05, 3.63) is 40.7 Å². The Morgan fingerprint density at radius 2 is 2.26 bits per heavy atom. The summed E-state index contributed by atoms with van der Waals surface area (Å²) in [6.07, 6.45) is 3.76. The Hall–Kier alpha value is -1.88. The fourth-order valence-electron chi connectivity index (χ4n) is 1.75. The maximum atomic E-state index is 11.6. The van der Waals surface area contributed by atoms with Crippen molar-refractivity contribution in [3.63, 3.8) is 0 Å². The fourth-order valence-corrected chi connectivity index (χ4v) is 2.39. The maximum absolute atomic E-state index is 11.6. The van der Waals surface area contributed by atoms with Crippen molar-refractivity contribution >= 4 is 28.7 Å². The molecular formula is C14H15N3OS. The van der Waals surface area contributed by atoms with Gasteiger partial charge in [-0.05, 0) is 36.4 Å². The number of thiophene rings is 1. The fraction of sp³-hybridized carbons (Fsp3) is 0.286. The third-order valence-corrected chi connectivity index (χ3v) is 3.89. The molecule has 2 heterocycles. The van der Waals surface area contributed by atoms with Crippen LogP contribution < -0.4 is 10.6 Å². The maximum Gasteiger partial charge on any atom is 0.228 e. The van der Waals surface area contributed by atoms with Crippen LogP contribution in [0.15, 0.2) is 35.8 Å². The molecule has 0 aliphatic heterocycles. The first-order valence-electron chi connectivity index (χ1n) is 6.34. The Bertz CT molecular complexity index is 547. The largest absolute Gasteiger partial charge is 0.379 e. The quantitative estimate of drug-likeness (QED) is 0.880. The molecule has 0 atom stereocenters. The van der Waals surface area contributed by atoms with Crippen molar-refractivity contribution in [1.82, 2.24) is 4.98 Å². The number of carbonyl (C=O) groups excluding carboxylic acids is 1. The summed E-state index contributed by atoms with van der Waals surface area (Å²) in [4.78, 5) is 17.1. The molecule has 98 valence electrons. The summed E-state index contributed by atoms with van der Waals surface area (Å²) in [5.74, 6) is 0.920. The van der Waals surface area contributed by atoms with Gasteiger partial charge in [-0.25, -0.2) is 4.98 Å². The molecule has 1 aliphatic rings. The highest BCUT2D eigenvalue weighted by atomic mass is 32.1. The van der Waals surface area contributed by atoms with Crippen molar-refractivity contribution in [3.8, 4) is 0 Å². The van der Waals surface area contributed by atoms with Gasteiger partial charge < -0.3 is 10.6 Å². The second-order valence-corrected chi connectivity index (χ2v) is 5.66. The molecule has 0 saturated heterocycles. The predicted molar refractivity (Wildman–Crippen MR) is 77.2 cm³/mol. The summed E-state index contributed by atoms with van der Waals surface area (Å²) in [5.41, 5.74) is 0.956. The minimum atomic E-state index is 0.0896. The molecule has 0 spiro atoms. The average Bonchev–Trinajstić information content (AvgIpc) is 3.16. The monoisotopic (exact) mass is 273 g/mol. The summed E-state index contributed by atoms with van der Waals surface area (Å²) < 4.78 is 0. The summed E-state index contributed by atoms with van der Waals surface area (Å²) in [5, 5.41) is 8.18. The van der Waals surface area contributed by atoms with Crippen LogP contribution >= 0.6 is 11.3 Å². The van der Waals surface area contributed by atoms with Gasteiger partial charge in [-0.1, -0.05) is 6.07 Å². The predicted octanol–water partition coefficient (Wildman–Crippen LogP) is 3.10. The van der Waals surface area contributed by atoms with E-state index >= 15 is 0 Å². The smallest absolute Gasteiger partial charge is 0.228 e. The molecule has 0 aromatic carbocycles. The lowest BCUT2D eigenvalue weighted by Gasteiger charge is -2.06. The molecular weight excluding hydrogens is 258 g/mol. The van der Waals surface area contributed by atoms with Gasteiger partial charge in [0, 0.05) is 17.3 Å². The number of carbonyl (C=O) groups is 1. The molecule has 1 aliphatic carbocycles. The third kappa shape index (κ3) is 3.32. The van der Waals surface area contributed by atoms with Gasteiger partial charge in [0.15, 0.2) is 0 Å². The molecule has 2 N–H and O–H groups in total. The van der Waals surface area contributed by atoms with E-state index in [1.54, 1.807) is 17.5 Å². The highest BCUT2D eigenvalue weighted by Crippen LogP contribution is 2.29. The van der Waals surface area contributed by atoms with Gasteiger partial charge in [-0.15, -0.1) is 11.3 Å². The van der Waals surface area contributed by atoms with E-state index in [0.29, 0.717) is 5.82 Å². The molecule has 2 aromatic rings. The van der Waals surface area contributed by atoms with Crippen LogP contribution in [0.4, 0.5) is 11.5 Å². The van der Waals surface area contributed by atoms with Gasteiger partial charge in [0.25, 0.3) is 0 Å². The lowest BCUT2D eigenvalue weighted by atomic mass is 10.3. The number of aromatic nitrogens is 1. The van der Waals surface area contributed by atoms with Crippen LogP contribution in [0.5, 0.6) is 0 Å². The normalized spacial score (nSPS) is 14.1. The molecule has 1 saturated carbocycles. The van der Waals surface area contributed by atoms with Crippen LogP contribution in [0.25, 0.3) is 0 Å². The number of nitrogens with one attached hydrogen (secondary N) is 2. The molecule has 1 fully saturated rings. The zero-order valence-corrected chi connectivity index (χ0v) is 11.2. The van der Waals surface area contributed by atoms with E-state index in [4.69, 9.17) is 0 Å². The zero-order chi connectivity index (χ0) is 13.1. The van der Waals surface area contributed by atoms with E-state index in [2.05, 4.69) is 27.1 Å². The molecule has 3 rings (SSSR count). The van der Waals surface area contributed by atoms with E-state index in [1.165, 1.54) is 4.88 Å². The van der Waals surface area contributed by atoms with Crippen LogP contribution in [-0.2, 0) is 11.3 Å². The van der Waals surface area contributed by atoms with E-state index in [1.807, 2.05) is 18.2 Å². The standard InChI is InChI=1S/C14H15N3OS/c18-14(10-3-4-10)17-13-6-5-11(8-16-13)15-9-12-2-1-7-19-12/h1-2,5-8,10,15H,3-4,9H2,(H,16,17,18). The summed E-state index contributed by atoms with van der Waals surface area (Å²) in [6.45, 7) is 0.799. The first-order valence-corrected chi connectivity index (χ1v) is 7.22. The van der Waals surface area contributed by atoms with E-state index in [0.717, 1.165) is 25.1 Å². The number of nitrogens with zero attached hydrogens (tertiary/aromatic N) is 1. The van der Waals surface area contributed by atoms with Crippen molar-refractivity contribution in [1.29, 1.82) is 0 Å². The highest BCUT2D eigenvalue weighted by Gasteiger charge is 2.29. The van der Waals surface area contributed by atoms with Crippen LogP contribution in [-0.4, -0.2) is 10.9 Å². The number of amides is 1. The van der Waals surface area contributed by atoms with Crippen LogP contribution in [0.2, 0.25) is 0 Å². The first-order chi connectivity index (χ1) is 9.31. The van der Waals surface area contributed by atoms with Gasteiger partial charge in [-0.2, -0.15) is 0 Å². The number of hydrogen-bond donors (Lipinski definition) is 2. The van der Waals surface area contributed by atoms with Gasteiger partial charge >= 0.3 is 0 Å². The molecule has 0 bridgehead atoms. The molecule has 2 aromatic heterocycles. The van der Waals surface area contributed by atoms with Gasteiger partial charge in [-0.3, -0.25) is 4.79 Å². The number of pyridine rings is 1. The van der Waals surface area contributed by atoms with Gasteiger partial charge in [0.1, 0.15) is 5.82 Å². The number of anilines is 2.